The van der Waals surface area contributed by atoms with Gasteiger partial charge in [-0.1, -0.05) is 25.0 Å². The van der Waals surface area contributed by atoms with Gasteiger partial charge in [0.15, 0.2) is 11.6 Å². The average Bonchev–Trinajstić information content (AvgIpc) is 2.91. The molecule has 2 aliphatic rings. The molecule has 2 fully saturated rings. The topological polar surface area (TPSA) is 32.3 Å². The lowest BCUT2D eigenvalue weighted by atomic mass is 10.1. The molecule has 4 rings (SSSR count). The Morgan fingerprint density at radius 1 is 0.565 bits per heavy atom. The molecule has 0 saturated carbocycles. The maximum atomic E-state index is 5.04. The van der Waals surface area contributed by atoms with Crippen molar-refractivity contribution in [3.63, 3.8) is 0 Å². The lowest BCUT2D eigenvalue weighted by Crippen LogP contribution is -2.34. The molecule has 2 aromatic rings. The second kappa shape index (κ2) is 6.73. The molecular weight excluding hydrogens is 284 g/mol. The summed E-state index contributed by atoms with van der Waals surface area (Å²) in [5.41, 5.74) is 2.04. The molecule has 4 nitrogen and oxygen atoms in total. The van der Waals surface area contributed by atoms with Crippen LogP contribution in [0.1, 0.15) is 44.9 Å². The van der Waals surface area contributed by atoms with E-state index in [1.54, 1.807) is 0 Å². The molecule has 0 radical (unpaired) electrons. The number of piperidine rings is 1. The third kappa shape index (κ3) is 3.12. The second-order valence-corrected chi connectivity index (χ2v) is 6.81. The highest BCUT2D eigenvalue weighted by atomic mass is 15.3. The summed E-state index contributed by atoms with van der Waals surface area (Å²) in [5, 5.41) is 0. The quantitative estimate of drug-likeness (QED) is 0.839. The molecule has 4 heteroatoms. The molecule has 1 aromatic heterocycles. The predicted molar refractivity (Wildman–Crippen MR) is 96.3 cm³/mol. The van der Waals surface area contributed by atoms with Gasteiger partial charge in [0.25, 0.3) is 0 Å². The molecule has 2 aliphatic heterocycles. The maximum absolute atomic E-state index is 5.04. The van der Waals surface area contributed by atoms with Crippen molar-refractivity contribution in [2.45, 2.75) is 44.9 Å². The zero-order valence-corrected chi connectivity index (χ0v) is 13.9. The summed E-state index contributed by atoms with van der Waals surface area (Å²) in [6.07, 6.45) is 9.12. The first-order valence-corrected chi connectivity index (χ1v) is 9.18. The van der Waals surface area contributed by atoms with Gasteiger partial charge < -0.3 is 9.80 Å². The normalized spacial score (nSPS) is 19.8. The number of benzene rings is 1. The van der Waals surface area contributed by atoms with E-state index in [-0.39, 0.29) is 0 Å². The Balaban J connectivity index is 1.78. The smallest absolute Gasteiger partial charge is 0.172 e. The summed E-state index contributed by atoms with van der Waals surface area (Å²) < 4.78 is 0. The molecule has 0 N–H and O–H groups in total. The van der Waals surface area contributed by atoms with E-state index in [9.17, 15) is 0 Å². The van der Waals surface area contributed by atoms with Crippen LogP contribution in [0.3, 0.4) is 0 Å². The van der Waals surface area contributed by atoms with Gasteiger partial charge in [-0.3, -0.25) is 0 Å². The minimum absolute atomic E-state index is 1.02. The minimum atomic E-state index is 1.02. The molecule has 0 bridgehead atoms. The minimum Gasteiger partial charge on any atom is -0.354 e. The molecule has 0 amide bonds. The van der Waals surface area contributed by atoms with Crippen molar-refractivity contribution in [3.05, 3.63) is 24.3 Å². The number of rotatable bonds is 2. The summed E-state index contributed by atoms with van der Waals surface area (Å²) in [7, 11) is 0. The Hall–Kier alpha value is -1.84. The van der Waals surface area contributed by atoms with Crippen molar-refractivity contribution in [1.82, 2.24) is 9.97 Å². The van der Waals surface area contributed by atoms with E-state index < -0.39 is 0 Å². The largest absolute Gasteiger partial charge is 0.354 e. The molecule has 2 saturated heterocycles. The Morgan fingerprint density at radius 2 is 0.957 bits per heavy atom. The number of nitrogens with zero attached hydrogens (tertiary/aromatic N) is 4. The first-order chi connectivity index (χ1) is 11.4. The van der Waals surface area contributed by atoms with Crippen LogP contribution >= 0.6 is 0 Å². The van der Waals surface area contributed by atoms with Gasteiger partial charge in [0.2, 0.25) is 0 Å². The lowest BCUT2D eigenvalue weighted by Gasteiger charge is -2.32. The van der Waals surface area contributed by atoms with Crippen LogP contribution in [0.4, 0.5) is 11.6 Å². The summed E-state index contributed by atoms with van der Waals surface area (Å²) in [4.78, 5) is 15.0. The van der Waals surface area contributed by atoms with Crippen LogP contribution in [-0.2, 0) is 0 Å². The molecular formula is C19H26N4. The van der Waals surface area contributed by atoms with E-state index in [1.807, 2.05) is 0 Å². The SMILES string of the molecule is c1ccc2nc(N3CCCCC3)c(N3CCCCCC3)nc2c1. The number of hydrogen-bond donors (Lipinski definition) is 0. The van der Waals surface area contributed by atoms with Crippen LogP contribution in [0.15, 0.2) is 24.3 Å². The highest BCUT2D eigenvalue weighted by Crippen LogP contribution is 2.31. The van der Waals surface area contributed by atoms with Crippen LogP contribution in [0.25, 0.3) is 11.0 Å². The molecule has 0 unspecified atom stereocenters. The van der Waals surface area contributed by atoms with Gasteiger partial charge in [0.05, 0.1) is 11.0 Å². The van der Waals surface area contributed by atoms with Crippen LogP contribution in [0.5, 0.6) is 0 Å². The van der Waals surface area contributed by atoms with Crippen LogP contribution < -0.4 is 9.80 Å². The second-order valence-electron chi connectivity index (χ2n) is 6.81. The van der Waals surface area contributed by atoms with Gasteiger partial charge in [0, 0.05) is 26.2 Å². The van der Waals surface area contributed by atoms with Crippen molar-refractivity contribution in [1.29, 1.82) is 0 Å². The fourth-order valence-electron chi connectivity index (χ4n) is 3.79. The highest BCUT2D eigenvalue weighted by Gasteiger charge is 2.22. The number of fused-ring (bicyclic) bond motifs is 1. The van der Waals surface area contributed by atoms with E-state index >= 15 is 0 Å². The first-order valence-electron chi connectivity index (χ1n) is 9.18. The summed E-state index contributed by atoms with van der Waals surface area (Å²) in [6.45, 7) is 4.48. The molecule has 3 heterocycles. The van der Waals surface area contributed by atoms with Gasteiger partial charge in [-0.2, -0.15) is 0 Å². The summed E-state index contributed by atoms with van der Waals surface area (Å²) in [6, 6.07) is 8.29. The zero-order valence-electron chi connectivity index (χ0n) is 13.9. The number of para-hydroxylation sites is 2. The van der Waals surface area contributed by atoms with Gasteiger partial charge in [0.1, 0.15) is 0 Å². The summed E-state index contributed by atoms with van der Waals surface area (Å²) in [5.74, 6) is 2.23. The van der Waals surface area contributed by atoms with E-state index in [4.69, 9.17) is 9.97 Å². The average molecular weight is 310 g/mol. The number of hydrogen-bond acceptors (Lipinski definition) is 4. The maximum Gasteiger partial charge on any atom is 0.172 e. The fourth-order valence-corrected chi connectivity index (χ4v) is 3.79. The van der Waals surface area contributed by atoms with E-state index in [2.05, 4.69) is 34.1 Å². The molecule has 1 aromatic carbocycles. The summed E-state index contributed by atoms with van der Waals surface area (Å²) >= 11 is 0. The fraction of sp³-hybridized carbons (Fsp3) is 0.579. The third-order valence-corrected chi connectivity index (χ3v) is 5.10. The van der Waals surface area contributed by atoms with Crippen molar-refractivity contribution >= 4 is 22.7 Å². The van der Waals surface area contributed by atoms with Crippen molar-refractivity contribution in [2.75, 3.05) is 36.0 Å². The zero-order chi connectivity index (χ0) is 15.5. The Morgan fingerprint density at radius 3 is 1.39 bits per heavy atom. The molecule has 0 aliphatic carbocycles. The van der Waals surface area contributed by atoms with Crippen LogP contribution in [0.2, 0.25) is 0 Å². The molecule has 0 spiro atoms. The Bertz CT molecular complexity index is 655. The monoisotopic (exact) mass is 310 g/mol. The van der Waals surface area contributed by atoms with Crippen molar-refractivity contribution in [2.24, 2.45) is 0 Å². The van der Waals surface area contributed by atoms with Crippen molar-refractivity contribution in [3.8, 4) is 0 Å². The lowest BCUT2D eigenvalue weighted by molar-refractivity contribution is 0.572. The predicted octanol–water partition coefficient (Wildman–Crippen LogP) is 4.00. The standard InChI is InChI=1S/C19H26N4/c1-2-7-13-22(12-6-1)18-19(23-14-8-3-9-15-23)21-17-11-5-4-10-16(17)20-18/h4-5,10-11H,1-3,6-9,12-15H2. The van der Waals surface area contributed by atoms with Crippen LogP contribution in [0, 0.1) is 0 Å². The van der Waals surface area contributed by atoms with Crippen LogP contribution in [-0.4, -0.2) is 36.1 Å². The Kier molecular flexibility index (Phi) is 4.31. The number of aromatic nitrogens is 2. The Labute approximate surface area is 138 Å². The molecule has 0 atom stereocenters. The third-order valence-electron chi connectivity index (χ3n) is 5.10. The van der Waals surface area contributed by atoms with Gasteiger partial charge in [-0.05, 0) is 44.2 Å². The van der Waals surface area contributed by atoms with Gasteiger partial charge >= 0.3 is 0 Å². The molecule has 122 valence electrons. The first kappa shape index (κ1) is 14.7. The number of anilines is 2. The van der Waals surface area contributed by atoms with E-state index in [0.717, 1.165) is 48.8 Å². The van der Waals surface area contributed by atoms with E-state index in [1.165, 1.54) is 44.9 Å². The van der Waals surface area contributed by atoms with Crippen molar-refractivity contribution < 1.29 is 0 Å². The molecule has 23 heavy (non-hydrogen) atoms. The van der Waals surface area contributed by atoms with Gasteiger partial charge in [-0.15, -0.1) is 0 Å². The van der Waals surface area contributed by atoms with Gasteiger partial charge in [-0.25, -0.2) is 9.97 Å². The highest BCUT2D eigenvalue weighted by molar-refractivity contribution is 5.81. The van der Waals surface area contributed by atoms with E-state index in [0.29, 0.717) is 0 Å².